The Morgan fingerprint density at radius 2 is 1.38 bits per heavy atom. The number of hydrogen-bond donors (Lipinski definition) is 0. The third-order valence-electron chi connectivity index (χ3n) is 5.07. The highest BCUT2D eigenvalue weighted by molar-refractivity contribution is 5.79. The zero-order valence-electron chi connectivity index (χ0n) is 17.0. The SMILES string of the molecule is Cc1ccc(OCCCn2c(C)nc(-c3ccccc3)c2-c2ccccc2)cc1. The minimum Gasteiger partial charge on any atom is -0.494 e. The number of benzene rings is 3. The first-order chi connectivity index (χ1) is 14.2. The second-order valence-corrected chi connectivity index (χ2v) is 7.25. The Kier molecular flexibility index (Phi) is 5.76. The van der Waals surface area contributed by atoms with Gasteiger partial charge in [-0.2, -0.15) is 0 Å². The van der Waals surface area contributed by atoms with Crippen LogP contribution in [0.25, 0.3) is 22.5 Å². The zero-order valence-corrected chi connectivity index (χ0v) is 17.0. The summed E-state index contributed by atoms with van der Waals surface area (Å²) >= 11 is 0. The Hall–Kier alpha value is -3.33. The van der Waals surface area contributed by atoms with Crippen molar-refractivity contribution in [1.29, 1.82) is 0 Å². The van der Waals surface area contributed by atoms with Gasteiger partial charge in [-0.1, -0.05) is 78.4 Å². The molecule has 0 saturated heterocycles. The molecule has 0 aliphatic heterocycles. The molecule has 0 radical (unpaired) electrons. The molecule has 0 spiro atoms. The van der Waals surface area contributed by atoms with E-state index in [9.17, 15) is 0 Å². The van der Waals surface area contributed by atoms with E-state index in [0.717, 1.165) is 35.8 Å². The van der Waals surface area contributed by atoms with E-state index in [1.165, 1.54) is 16.8 Å². The second-order valence-electron chi connectivity index (χ2n) is 7.25. The van der Waals surface area contributed by atoms with Gasteiger partial charge in [0.1, 0.15) is 11.6 Å². The van der Waals surface area contributed by atoms with Crippen molar-refractivity contribution in [2.24, 2.45) is 0 Å². The van der Waals surface area contributed by atoms with Gasteiger partial charge in [0.2, 0.25) is 0 Å². The summed E-state index contributed by atoms with van der Waals surface area (Å²) in [5.41, 5.74) is 5.78. The van der Waals surface area contributed by atoms with Gasteiger partial charge in [0.15, 0.2) is 0 Å². The van der Waals surface area contributed by atoms with Crippen LogP contribution in [0, 0.1) is 13.8 Å². The fourth-order valence-electron chi connectivity index (χ4n) is 3.57. The Balaban J connectivity index is 1.57. The van der Waals surface area contributed by atoms with Crippen molar-refractivity contribution in [3.05, 3.63) is 96.3 Å². The van der Waals surface area contributed by atoms with Crippen LogP contribution in [-0.4, -0.2) is 16.2 Å². The van der Waals surface area contributed by atoms with E-state index < -0.39 is 0 Å². The summed E-state index contributed by atoms with van der Waals surface area (Å²) in [5, 5.41) is 0. The molecule has 0 N–H and O–H groups in total. The number of hydrogen-bond acceptors (Lipinski definition) is 2. The van der Waals surface area contributed by atoms with Crippen molar-refractivity contribution in [3.8, 4) is 28.3 Å². The van der Waals surface area contributed by atoms with Crippen molar-refractivity contribution >= 4 is 0 Å². The highest BCUT2D eigenvalue weighted by Crippen LogP contribution is 2.32. The quantitative estimate of drug-likeness (QED) is 0.351. The molecule has 4 rings (SSSR count). The standard InChI is InChI=1S/C26H26N2O/c1-20-14-16-24(17-15-20)29-19-9-18-28-21(2)27-25(22-10-5-3-6-11-22)26(28)23-12-7-4-8-13-23/h3-8,10-17H,9,18-19H2,1-2H3. The number of aryl methyl sites for hydroxylation is 2. The number of nitrogens with zero attached hydrogens (tertiary/aromatic N) is 2. The van der Waals surface area contributed by atoms with Crippen LogP contribution in [0.1, 0.15) is 17.8 Å². The number of ether oxygens (including phenoxy) is 1. The van der Waals surface area contributed by atoms with Crippen molar-refractivity contribution in [3.63, 3.8) is 0 Å². The summed E-state index contributed by atoms with van der Waals surface area (Å²) in [6.45, 7) is 5.71. The van der Waals surface area contributed by atoms with E-state index in [0.29, 0.717) is 6.61 Å². The molecule has 0 aliphatic rings. The van der Waals surface area contributed by atoms with Gasteiger partial charge in [0.05, 0.1) is 18.0 Å². The summed E-state index contributed by atoms with van der Waals surface area (Å²) in [6, 6.07) is 29.1. The van der Waals surface area contributed by atoms with Crippen LogP contribution in [0.2, 0.25) is 0 Å². The van der Waals surface area contributed by atoms with Crippen LogP contribution >= 0.6 is 0 Å². The van der Waals surface area contributed by atoms with E-state index in [2.05, 4.69) is 85.1 Å². The highest BCUT2D eigenvalue weighted by atomic mass is 16.5. The average Bonchev–Trinajstić information content (AvgIpc) is 3.10. The maximum atomic E-state index is 5.93. The monoisotopic (exact) mass is 382 g/mol. The predicted molar refractivity (Wildman–Crippen MR) is 119 cm³/mol. The molecular formula is C26H26N2O. The van der Waals surface area contributed by atoms with Crippen molar-refractivity contribution in [2.45, 2.75) is 26.8 Å². The predicted octanol–water partition coefficient (Wildman–Crippen LogP) is 6.30. The molecule has 0 fully saturated rings. The summed E-state index contributed by atoms with van der Waals surface area (Å²) < 4.78 is 8.24. The molecule has 0 saturated carbocycles. The van der Waals surface area contributed by atoms with Crippen molar-refractivity contribution in [1.82, 2.24) is 9.55 Å². The Morgan fingerprint density at radius 3 is 2.03 bits per heavy atom. The molecule has 146 valence electrons. The minimum atomic E-state index is 0.676. The average molecular weight is 383 g/mol. The number of imidazole rings is 1. The molecule has 0 atom stereocenters. The highest BCUT2D eigenvalue weighted by Gasteiger charge is 2.17. The lowest BCUT2D eigenvalue weighted by Gasteiger charge is -2.13. The van der Waals surface area contributed by atoms with E-state index >= 15 is 0 Å². The summed E-state index contributed by atoms with van der Waals surface area (Å²) in [6.07, 6.45) is 0.916. The van der Waals surface area contributed by atoms with E-state index in [1.54, 1.807) is 0 Å². The molecule has 3 nitrogen and oxygen atoms in total. The zero-order chi connectivity index (χ0) is 20.1. The topological polar surface area (TPSA) is 27.1 Å². The fraction of sp³-hybridized carbons (Fsp3) is 0.192. The molecule has 3 aromatic carbocycles. The first-order valence-electron chi connectivity index (χ1n) is 10.1. The van der Waals surface area contributed by atoms with E-state index in [4.69, 9.17) is 9.72 Å². The van der Waals surface area contributed by atoms with Gasteiger partial charge in [0, 0.05) is 17.7 Å². The lowest BCUT2D eigenvalue weighted by molar-refractivity contribution is 0.301. The van der Waals surface area contributed by atoms with Crippen LogP contribution in [-0.2, 0) is 6.54 Å². The molecule has 1 heterocycles. The Labute approximate surface area is 172 Å². The maximum Gasteiger partial charge on any atom is 0.119 e. The van der Waals surface area contributed by atoms with Gasteiger partial charge in [-0.25, -0.2) is 4.98 Å². The number of rotatable bonds is 7. The second kappa shape index (κ2) is 8.78. The van der Waals surface area contributed by atoms with Gasteiger partial charge in [0.25, 0.3) is 0 Å². The van der Waals surface area contributed by atoms with Gasteiger partial charge < -0.3 is 9.30 Å². The van der Waals surface area contributed by atoms with Crippen LogP contribution in [0.15, 0.2) is 84.9 Å². The largest absolute Gasteiger partial charge is 0.494 e. The maximum absolute atomic E-state index is 5.93. The molecule has 0 bridgehead atoms. The molecule has 3 heteroatoms. The Morgan fingerprint density at radius 1 is 0.759 bits per heavy atom. The smallest absolute Gasteiger partial charge is 0.119 e. The van der Waals surface area contributed by atoms with Crippen LogP contribution in [0.4, 0.5) is 0 Å². The van der Waals surface area contributed by atoms with Crippen molar-refractivity contribution < 1.29 is 4.74 Å². The van der Waals surface area contributed by atoms with E-state index in [1.807, 2.05) is 18.2 Å². The Bertz CT molecular complexity index is 1050. The molecule has 0 aliphatic carbocycles. The van der Waals surface area contributed by atoms with E-state index in [-0.39, 0.29) is 0 Å². The van der Waals surface area contributed by atoms with Crippen molar-refractivity contribution in [2.75, 3.05) is 6.61 Å². The van der Waals surface area contributed by atoms with Gasteiger partial charge in [-0.15, -0.1) is 0 Å². The molecule has 0 unspecified atom stereocenters. The lowest BCUT2D eigenvalue weighted by atomic mass is 10.0. The molecule has 1 aromatic heterocycles. The summed E-state index contributed by atoms with van der Waals surface area (Å²) in [7, 11) is 0. The first kappa shape index (κ1) is 19.0. The molecule has 29 heavy (non-hydrogen) atoms. The normalized spacial score (nSPS) is 10.8. The molecule has 0 amide bonds. The van der Waals surface area contributed by atoms with Gasteiger partial charge in [-0.3, -0.25) is 0 Å². The molecular weight excluding hydrogens is 356 g/mol. The summed E-state index contributed by atoms with van der Waals surface area (Å²) in [5.74, 6) is 1.95. The van der Waals surface area contributed by atoms with Gasteiger partial charge in [-0.05, 0) is 32.4 Å². The van der Waals surface area contributed by atoms with Crippen LogP contribution in [0.3, 0.4) is 0 Å². The third kappa shape index (κ3) is 4.40. The van der Waals surface area contributed by atoms with Crippen LogP contribution in [0.5, 0.6) is 5.75 Å². The third-order valence-corrected chi connectivity index (χ3v) is 5.07. The fourth-order valence-corrected chi connectivity index (χ4v) is 3.57. The lowest BCUT2D eigenvalue weighted by Crippen LogP contribution is -2.07. The minimum absolute atomic E-state index is 0.676. The molecule has 4 aromatic rings. The number of aromatic nitrogens is 2. The van der Waals surface area contributed by atoms with Gasteiger partial charge >= 0.3 is 0 Å². The van der Waals surface area contributed by atoms with Crippen LogP contribution < -0.4 is 4.74 Å². The first-order valence-corrected chi connectivity index (χ1v) is 10.1. The summed E-state index contributed by atoms with van der Waals surface area (Å²) in [4.78, 5) is 4.93.